The average molecular weight is 284 g/mol. The molecule has 0 unspecified atom stereocenters. The highest BCUT2D eigenvalue weighted by atomic mass is 32.2. The molecule has 4 nitrogen and oxygen atoms in total. The maximum atomic E-state index is 11.2. The zero-order valence-electron chi connectivity index (χ0n) is 10.8. The summed E-state index contributed by atoms with van der Waals surface area (Å²) in [5, 5.41) is 9.18. The summed E-state index contributed by atoms with van der Waals surface area (Å²) in [6, 6.07) is 13.2. The minimum atomic E-state index is -0.960. The van der Waals surface area contributed by atoms with Crippen molar-refractivity contribution in [2.75, 3.05) is 6.26 Å². The number of hydrogen-bond acceptors (Lipinski definition) is 3. The Morgan fingerprint density at radius 3 is 2.60 bits per heavy atom. The summed E-state index contributed by atoms with van der Waals surface area (Å²) in [6.45, 7) is 0. The summed E-state index contributed by atoms with van der Waals surface area (Å²) in [4.78, 5) is 16.6. The van der Waals surface area contributed by atoms with E-state index in [4.69, 9.17) is 0 Å². The summed E-state index contributed by atoms with van der Waals surface area (Å²) < 4.78 is 1.89. The molecule has 0 amide bonds. The molecule has 1 N–H and O–H groups in total. The summed E-state index contributed by atoms with van der Waals surface area (Å²) in [7, 11) is 0. The molecule has 5 heteroatoms. The number of imidazole rings is 1. The van der Waals surface area contributed by atoms with Gasteiger partial charge >= 0.3 is 5.97 Å². The van der Waals surface area contributed by atoms with E-state index < -0.39 is 5.97 Å². The molecule has 0 spiro atoms. The van der Waals surface area contributed by atoms with Crippen molar-refractivity contribution in [3.8, 4) is 5.69 Å². The molecule has 0 aliphatic rings. The Labute approximate surface area is 120 Å². The number of para-hydroxylation sites is 1. The summed E-state index contributed by atoms with van der Waals surface area (Å²) in [5.74, 6) is -0.960. The first kappa shape index (κ1) is 12.7. The van der Waals surface area contributed by atoms with Gasteiger partial charge in [0.25, 0.3) is 0 Å². The highest BCUT2D eigenvalue weighted by Gasteiger charge is 2.12. The number of aromatic nitrogens is 2. The maximum Gasteiger partial charge on any atom is 0.337 e. The van der Waals surface area contributed by atoms with E-state index in [1.165, 1.54) is 4.90 Å². The monoisotopic (exact) mass is 284 g/mol. The van der Waals surface area contributed by atoms with Crippen LogP contribution in [0.1, 0.15) is 10.4 Å². The lowest BCUT2D eigenvalue weighted by Gasteiger charge is -2.05. The Kier molecular flexibility index (Phi) is 3.20. The molecule has 100 valence electrons. The number of benzene rings is 2. The topological polar surface area (TPSA) is 55.1 Å². The predicted octanol–water partition coefficient (Wildman–Crippen LogP) is 3.45. The first-order valence-electron chi connectivity index (χ1n) is 6.04. The Bertz CT molecular complexity index is 778. The van der Waals surface area contributed by atoms with Gasteiger partial charge in [-0.05, 0) is 42.7 Å². The van der Waals surface area contributed by atoms with Gasteiger partial charge in [0.1, 0.15) is 11.8 Å². The van der Waals surface area contributed by atoms with Gasteiger partial charge in [-0.15, -0.1) is 11.8 Å². The van der Waals surface area contributed by atoms with Crippen LogP contribution >= 0.6 is 11.8 Å². The molecule has 0 saturated heterocycles. The molecule has 1 heterocycles. The second kappa shape index (κ2) is 5.02. The number of aromatic carboxylic acids is 1. The highest BCUT2D eigenvalue weighted by Crippen LogP contribution is 2.23. The summed E-state index contributed by atoms with van der Waals surface area (Å²) in [5.41, 5.74) is 2.49. The van der Waals surface area contributed by atoms with E-state index in [0.29, 0.717) is 5.52 Å². The van der Waals surface area contributed by atoms with Crippen molar-refractivity contribution in [2.24, 2.45) is 0 Å². The molecule has 0 aliphatic carbocycles. The Morgan fingerprint density at radius 1 is 1.20 bits per heavy atom. The average Bonchev–Trinajstić information content (AvgIpc) is 2.91. The van der Waals surface area contributed by atoms with E-state index in [-0.39, 0.29) is 5.56 Å². The van der Waals surface area contributed by atoms with E-state index in [9.17, 15) is 9.90 Å². The minimum Gasteiger partial charge on any atom is -0.478 e. The van der Waals surface area contributed by atoms with Gasteiger partial charge in [0, 0.05) is 10.6 Å². The summed E-state index contributed by atoms with van der Waals surface area (Å²) >= 11 is 1.68. The molecule has 0 bridgehead atoms. The van der Waals surface area contributed by atoms with E-state index in [2.05, 4.69) is 4.98 Å². The van der Waals surface area contributed by atoms with Crippen molar-refractivity contribution in [3.05, 3.63) is 54.4 Å². The van der Waals surface area contributed by atoms with E-state index in [1.807, 2.05) is 41.2 Å². The number of carbonyl (C=O) groups is 1. The van der Waals surface area contributed by atoms with Crippen LogP contribution in [0.3, 0.4) is 0 Å². The fraction of sp³-hybridized carbons (Fsp3) is 0.0667. The normalized spacial score (nSPS) is 10.8. The van der Waals surface area contributed by atoms with Crippen molar-refractivity contribution < 1.29 is 9.90 Å². The van der Waals surface area contributed by atoms with Crippen molar-refractivity contribution in [3.63, 3.8) is 0 Å². The third-order valence-corrected chi connectivity index (χ3v) is 3.90. The van der Waals surface area contributed by atoms with Gasteiger partial charge in [-0.1, -0.05) is 6.07 Å². The van der Waals surface area contributed by atoms with Crippen molar-refractivity contribution in [1.82, 2.24) is 9.55 Å². The summed E-state index contributed by atoms with van der Waals surface area (Å²) in [6.07, 6.45) is 3.69. The number of rotatable bonds is 3. The third kappa shape index (κ3) is 2.06. The molecule has 3 aromatic rings. The molecule has 3 rings (SSSR count). The molecule has 0 fully saturated rings. The van der Waals surface area contributed by atoms with Gasteiger partial charge < -0.3 is 5.11 Å². The van der Waals surface area contributed by atoms with E-state index in [0.717, 1.165) is 11.2 Å². The smallest absolute Gasteiger partial charge is 0.337 e. The molecule has 0 atom stereocenters. The quantitative estimate of drug-likeness (QED) is 0.748. The largest absolute Gasteiger partial charge is 0.478 e. The van der Waals surface area contributed by atoms with Gasteiger partial charge in [0.15, 0.2) is 0 Å². The lowest BCUT2D eigenvalue weighted by atomic mass is 10.2. The molecule has 0 radical (unpaired) electrons. The number of nitrogens with zero attached hydrogens (tertiary/aromatic N) is 2. The van der Waals surface area contributed by atoms with Crippen LogP contribution < -0.4 is 0 Å². The number of thioether (sulfide) groups is 1. The Balaban J connectivity index is 2.17. The second-order valence-corrected chi connectivity index (χ2v) is 5.17. The number of carboxylic acid groups (broad SMARTS) is 1. The fourth-order valence-corrected chi connectivity index (χ4v) is 2.57. The maximum absolute atomic E-state index is 11.2. The van der Waals surface area contributed by atoms with Crippen LogP contribution in [0.15, 0.2) is 53.7 Å². The highest BCUT2D eigenvalue weighted by molar-refractivity contribution is 7.98. The van der Waals surface area contributed by atoms with Gasteiger partial charge in [-0.3, -0.25) is 4.57 Å². The van der Waals surface area contributed by atoms with Crippen molar-refractivity contribution in [2.45, 2.75) is 4.90 Å². The first-order chi connectivity index (χ1) is 9.70. The zero-order chi connectivity index (χ0) is 14.1. The number of fused-ring (bicyclic) bond motifs is 1. The SMILES string of the molecule is CSc1ccc(-n2cnc3c(C(=O)O)cccc32)cc1. The number of hydrogen-bond donors (Lipinski definition) is 1. The number of carboxylic acids is 1. The van der Waals surface area contributed by atoms with Crippen LogP contribution in [0.4, 0.5) is 0 Å². The molecule has 1 aromatic heterocycles. The Morgan fingerprint density at radius 2 is 1.95 bits per heavy atom. The molecule has 0 aliphatic heterocycles. The van der Waals surface area contributed by atoms with Crippen LogP contribution in [0, 0.1) is 0 Å². The molecule has 20 heavy (non-hydrogen) atoms. The van der Waals surface area contributed by atoms with E-state index in [1.54, 1.807) is 30.2 Å². The van der Waals surface area contributed by atoms with Crippen LogP contribution in [-0.2, 0) is 0 Å². The van der Waals surface area contributed by atoms with E-state index >= 15 is 0 Å². The molecular weight excluding hydrogens is 272 g/mol. The zero-order valence-corrected chi connectivity index (χ0v) is 11.6. The predicted molar refractivity (Wildman–Crippen MR) is 79.8 cm³/mol. The molecule has 0 saturated carbocycles. The molecule has 2 aromatic carbocycles. The minimum absolute atomic E-state index is 0.224. The standard InChI is InChI=1S/C15H12N2O2S/c1-20-11-7-5-10(6-8-11)17-9-16-14-12(15(18)19)3-2-4-13(14)17/h2-9H,1H3,(H,18,19). The lowest BCUT2D eigenvalue weighted by Crippen LogP contribution is -1.98. The van der Waals surface area contributed by atoms with Crippen LogP contribution in [0.5, 0.6) is 0 Å². The Hall–Kier alpha value is -2.27. The van der Waals surface area contributed by atoms with Gasteiger partial charge in [-0.25, -0.2) is 9.78 Å². The first-order valence-corrected chi connectivity index (χ1v) is 7.27. The van der Waals surface area contributed by atoms with Crippen molar-refractivity contribution >= 4 is 28.8 Å². The van der Waals surface area contributed by atoms with Crippen LogP contribution in [-0.4, -0.2) is 26.9 Å². The van der Waals surface area contributed by atoms with Gasteiger partial charge in [-0.2, -0.15) is 0 Å². The van der Waals surface area contributed by atoms with Gasteiger partial charge in [0.2, 0.25) is 0 Å². The van der Waals surface area contributed by atoms with Crippen molar-refractivity contribution in [1.29, 1.82) is 0 Å². The van der Waals surface area contributed by atoms with Gasteiger partial charge in [0.05, 0.1) is 11.1 Å². The molecular formula is C15H12N2O2S. The lowest BCUT2D eigenvalue weighted by molar-refractivity contribution is 0.0699. The fourth-order valence-electron chi connectivity index (χ4n) is 2.16. The van der Waals surface area contributed by atoms with Crippen LogP contribution in [0.2, 0.25) is 0 Å². The second-order valence-electron chi connectivity index (χ2n) is 4.29. The van der Waals surface area contributed by atoms with Crippen LogP contribution in [0.25, 0.3) is 16.7 Å². The third-order valence-electron chi connectivity index (χ3n) is 3.16.